The van der Waals surface area contributed by atoms with E-state index >= 15 is 0 Å². The van der Waals surface area contributed by atoms with Crippen LogP contribution >= 0.6 is 11.3 Å². The molecule has 1 fully saturated rings. The van der Waals surface area contributed by atoms with Crippen molar-refractivity contribution < 1.29 is 18.8 Å². The topological polar surface area (TPSA) is 77.7 Å². The highest BCUT2D eigenvalue weighted by atomic mass is 32.1. The molecule has 0 N–H and O–H groups in total. The zero-order valence-electron chi connectivity index (χ0n) is 14.3. The molecule has 3 heterocycles. The number of ether oxygens (including phenoxy) is 2. The maximum absolute atomic E-state index is 12.6. The van der Waals surface area contributed by atoms with Gasteiger partial charge in [-0.05, 0) is 11.4 Å². The first-order valence-electron chi connectivity index (χ1n) is 8.09. The normalized spacial score (nSPS) is 16.9. The molecule has 0 aliphatic carbocycles. The van der Waals surface area contributed by atoms with E-state index < -0.39 is 0 Å². The molecule has 1 aliphatic rings. The fraction of sp³-hybridized carbons (Fsp3) is 0.278. The number of aromatic nitrogens is 2. The van der Waals surface area contributed by atoms with Gasteiger partial charge in [0.15, 0.2) is 5.82 Å². The van der Waals surface area contributed by atoms with Crippen LogP contribution < -0.4 is 14.4 Å². The summed E-state index contributed by atoms with van der Waals surface area (Å²) >= 11 is 1.54. The minimum Gasteiger partial charge on any atom is -0.497 e. The van der Waals surface area contributed by atoms with Gasteiger partial charge in [0.05, 0.1) is 24.8 Å². The molecule has 26 heavy (non-hydrogen) atoms. The smallest absolute Gasteiger partial charge is 0.267 e. The van der Waals surface area contributed by atoms with Crippen LogP contribution in [0.1, 0.15) is 18.2 Å². The summed E-state index contributed by atoms with van der Waals surface area (Å²) in [6, 6.07) is 9.26. The molecule has 0 spiro atoms. The molecule has 1 saturated heterocycles. The minimum absolute atomic E-state index is 0.00720. The SMILES string of the molecule is COc1cc(OC)cc(N2CC(c3noc(-c4cccs4)n3)CC2=O)c1. The summed E-state index contributed by atoms with van der Waals surface area (Å²) in [5.74, 6) is 2.21. The van der Waals surface area contributed by atoms with Crippen molar-refractivity contribution in [3.8, 4) is 22.3 Å². The summed E-state index contributed by atoms with van der Waals surface area (Å²) < 4.78 is 15.9. The second-order valence-corrected chi connectivity index (χ2v) is 6.86. The van der Waals surface area contributed by atoms with Crippen LogP contribution in [0, 0.1) is 0 Å². The third-order valence-electron chi connectivity index (χ3n) is 4.31. The summed E-state index contributed by atoms with van der Waals surface area (Å²) in [7, 11) is 3.16. The van der Waals surface area contributed by atoms with Crippen molar-refractivity contribution in [1.82, 2.24) is 10.1 Å². The van der Waals surface area contributed by atoms with Crippen molar-refractivity contribution in [3.63, 3.8) is 0 Å². The number of methoxy groups -OCH3 is 2. The molecule has 4 rings (SSSR count). The van der Waals surface area contributed by atoms with Crippen molar-refractivity contribution in [1.29, 1.82) is 0 Å². The molecule has 0 bridgehead atoms. The van der Waals surface area contributed by atoms with Crippen LogP contribution in [0.25, 0.3) is 10.8 Å². The van der Waals surface area contributed by atoms with Crippen molar-refractivity contribution in [2.45, 2.75) is 12.3 Å². The molecular formula is C18H17N3O4S. The van der Waals surface area contributed by atoms with Gasteiger partial charge in [-0.15, -0.1) is 11.3 Å². The molecule has 1 unspecified atom stereocenters. The molecular weight excluding hydrogens is 354 g/mol. The Morgan fingerprint density at radius 1 is 1.23 bits per heavy atom. The van der Waals surface area contributed by atoms with Gasteiger partial charge in [-0.25, -0.2) is 0 Å². The summed E-state index contributed by atoms with van der Waals surface area (Å²) in [6.07, 6.45) is 0.336. The Bertz CT molecular complexity index is 900. The average molecular weight is 371 g/mol. The molecule has 0 saturated carbocycles. The molecule has 1 amide bonds. The van der Waals surface area contributed by atoms with Crippen LogP contribution in [-0.4, -0.2) is 36.8 Å². The molecule has 134 valence electrons. The molecule has 1 atom stereocenters. The maximum atomic E-state index is 12.6. The van der Waals surface area contributed by atoms with Crippen molar-refractivity contribution in [2.24, 2.45) is 0 Å². The number of amides is 1. The number of rotatable bonds is 5. The number of nitrogens with zero attached hydrogens (tertiary/aromatic N) is 3. The van der Waals surface area contributed by atoms with Crippen LogP contribution in [-0.2, 0) is 4.79 Å². The zero-order chi connectivity index (χ0) is 18.1. The Morgan fingerprint density at radius 2 is 2.00 bits per heavy atom. The van der Waals surface area contributed by atoms with E-state index in [0.717, 1.165) is 10.6 Å². The number of carbonyl (C=O) groups is 1. The fourth-order valence-corrected chi connectivity index (χ4v) is 3.62. The predicted octanol–water partition coefficient (Wildman–Crippen LogP) is 3.34. The van der Waals surface area contributed by atoms with E-state index in [1.807, 2.05) is 29.6 Å². The van der Waals surface area contributed by atoms with Gasteiger partial charge in [0.25, 0.3) is 5.89 Å². The van der Waals surface area contributed by atoms with Crippen molar-refractivity contribution in [3.05, 3.63) is 41.5 Å². The summed E-state index contributed by atoms with van der Waals surface area (Å²) in [5, 5.41) is 6.03. The number of benzene rings is 1. The number of carbonyl (C=O) groups excluding carboxylic acids is 1. The van der Waals surface area contributed by atoms with Gasteiger partial charge in [0.1, 0.15) is 11.5 Å². The van der Waals surface area contributed by atoms with Gasteiger partial charge in [0.2, 0.25) is 5.91 Å². The number of thiophene rings is 1. The van der Waals surface area contributed by atoms with Gasteiger partial charge in [-0.2, -0.15) is 4.98 Å². The Hall–Kier alpha value is -2.87. The zero-order valence-corrected chi connectivity index (χ0v) is 15.2. The van der Waals surface area contributed by atoms with E-state index in [1.54, 1.807) is 25.2 Å². The lowest BCUT2D eigenvalue weighted by molar-refractivity contribution is -0.117. The standard InChI is InChI=1S/C18H17N3O4S/c1-23-13-7-12(8-14(9-13)24-2)21-10-11(6-16(21)22)17-19-18(25-20-17)15-4-3-5-26-15/h3-5,7-9,11H,6,10H2,1-2H3. The predicted molar refractivity (Wildman–Crippen MR) is 96.9 cm³/mol. The average Bonchev–Trinajstić information content (AvgIpc) is 3.40. The van der Waals surface area contributed by atoms with E-state index in [-0.39, 0.29) is 11.8 Å². The first kappa shape index (κ1) is 16.6. The quantitative estimate of drug-likeness (QED) is 0.685. The molecule has 0 radical (unpaired) electrons. The number of hydrogen-bond acceptors (Lipinski definition) is 7. The van der Waals surface area contributed by atoms with E-state index in [2.05, 4.69) is 10.1 Å². The van der Waals surface area contributed by atoms with Crippen LogP contribution in [0.4, 0.5) is 5.69 Å². The number of anilines is 1. The molecule has 7 nitrogen and oxygen atoms in total. The highest BCUT2D eigenvalue weighted by Gasteiger charge is 2.35. The Balaban J connectivity index is 1.58. The van der Waals surface area contributed by atoms with Crippen molar-refractivity contribution >= 4 is 22.9 Å². The molecule has 1 aliphatic heterocycles. The van der Waals surface area contributed by atoms with Gasteiger partial charge >= 0.3 is 0 Å². The fourth-order valence-electron chi connectivity index (χ4n) is 2.98. The van der Waals surface area contributed by atoms with Gasteiger partial charge in [-0.3, -0.25) is 4.79 Å². The number of hydrogen-bond donors (Lipinski definition) is 0. The van der Waals surface area contributed by atoms with Crippen molar-refractivity contribution in [2.75, 3.05) is 25.7 Å². The van der Waals surface area contributed by atoms with E-state index in [4.69, 9.17) is 14.0 Å². The Kier molecular flexibility index (Phi) is 4.34. The monoisotopic (exact) mass is 371 g/mol. The first-order chi connectivity index (χ1) is 12.7. The van der Waals surface area contributed by atoms with Crippen LogP contribution in [0.15, 0.2) is 40.2 Å². The third-order valence-corrected chi connectivity index (χ3v) is 5.17. The Morgan fingerprint density at radius 3 is 2.65 bits per heavy atom. The summed E-state index contributed by atoms with van der Waals surface area (Å²) in [5.41, 5.74) is 0.732. The van der Waals surface area contributed by atoms with Gasteiger partial charge in [-0.1, -0.05) is 11.2 Å². The van der Waals surface area contributed by atoms with Gasteiger partial charge in [0, 0.05) is 37.1 Å². The highest BCUT2D eigenvalue weighted by molar-refractivity contribution is 7.13. The second kappa shape index (κ2) is 6.80. The maximum Gasteiger partial charge on any atom is 0.267 e. The third kappa shape index (κ3) is 3.03. The lowest BCUT2D eigenvalue weighted by atomic mass is 10.1. The van der Waals surface area contributed by atoms with Gasteiger partial charge < -0.3 is 18.9 Å². The summed E-state index contributed by atoms with van der Waals surface area (Å²) in [6.45, 7) is 0.485. The van der Waals surface area contributed by atoms with E-state index in [1.165, 1.54) is 11.3 Å². The van der Waals surface area contributed by atoms with E-state index in [9.17, 15) is 4.79 Å². The summed E-state index contributed by atoms with van der Waals surface area (Å²) in [4.78, 5) is 19.6. The highest BCUT2D eigenvalue weighted by Crippen LogP contribution is 2.35. The second-order valence-electron chi connectivity index (χ2n) is 5.91. The molecule has 8 heteroatoms. The van der Waals surface area contributed by atoms with Crippen LogP contribution in [0.2, 0.25) is 0 Å². The Labute approximate surface area is 154 Å². The lowest BCUT2D eigenvalue weighted by Crippen LogP contribution is -2.24. The first-order valence-corrected chi connectivity index (χ1v) is 8.97. The molecule has 1 aromatic carbocycles. The minimum atomic E-state index is -0.114. The largest absolute Gasteiger partial charge is 0.497 e. The lowest BCUT2D eigenvalue weighted by Gasteiger charge is -2.18. The molecule has 2 aromatic heterocycles. The molecule has 3 aromatic rings. The van der Waals surface area contributed by atoms with Crippen LogP contribution in [0.3, 0.4) is 0 Å². The van der Waals surface area contributed by atoms with E-state index in [0.29, 0.717) is 36.2 Å². The van der Waals surface area contributed by atoms with Crippen LogP contribution in [0.5, 0.6) is 11.5 Å².